The van der Waals surface area contributed by atoms with E-state index in [4.69, 9.17) is 9.47 Å². The molecule has 0 aliphatic heterocycles. The standard InChI is InChI=1S/C26H32F2N4O5/c1-6-36-14-17(13-32(25(34)35)26(3,4)5)30-24(33)22-16(2)29-23-21(11-8-12-31(22)23)37-15-18-19(27)9-7-10-20(18)28/h7-12,17H,6,13-15H2,1-5H3,(H,30,33)(H,34,35). The van der Waals surface area contributed by atoms with Crippen LogP contribution >= 0.6 is 0 Å². The number of nitrogens with zero attached hydrogens (tertiary/aromatic N) is 3. The third-order valence-corrected chi connectivity index (χ3v) is 5.74. The largest absolute Gasteiger partial charge is 0.485 e. The molecule has 0 fully saturated rings. The molecule has 2 amide bonds. The average Bonchev–Trinajstić information content (AvgIpc) is 3.15. The number of nitrogens with one attached hydrogen (secondary N) is 1. The second-order valence-electron chi connectivity index (χ2n) is 9.49. The Morgan fingerprint density at radius 1 is 1.19 bits per heavy atom. The van der Waals surface area contributed by atoms with Crippen LogP contribution in [0.25, 0.3) is 5.65 Å². The van der Waals surface area contributed by atoms with Gasteiger partial charge in [0.2, 0.25) is 0 Å². The Kier molecular flexibility index (Phi) is 8.69. The maximum atomic E-state index is 14.0. The average molecular weight is 519 g/mol. The second kappa shape index (κ2) is 11.5. The highest BCUT2D eigenvalue weighted by Gasteiger charge is 2.30. The molecule has 0 radical (unpaired) electrons. The summed E-state index contributed by atoms with van der Waals surface area (Å²) in [4.78, 5) is 30.9. The summed E-state index contributed by atoms with van der Waals surface area (Å²) >= 11 is 0. The molecule has 2 N–H and O–H groups in total. The molecule has 3 aromatic rings. The van der Waals surface area contributed by atoms with Gasteiger partial charge in [0.25, 0.3) is 5.91 Å². The zero-order valence-corrected chi connectivity index (χ0v) is 21.5. The maximum absolute atomic E-state index is 14.0. The van der Waals surface area contributed by atoms with Gasteiger partial charge in [-0.05, 0) is 58.9 Å². The number of rotatable bonds is 10. The van der Waals surface area contributed by atoms with Gasteiger partial charge in [-0.15, -0.1) is 0 Å². The van der Waals surface area contributed by atoms with Crippen molar-refractivity contribution in [2.24, 2.45) is 0 Å². The first-order chi connectivity index (χ1) is 17.4. The number of carboxylic acid groups (broad SMARTS) is 1. The van der Waals surface area contributed by atoms with E-state index >= 15 is 0 Å². The summed E-state index contributed by atoms with van der Waals surface area (Å²) in [6, 6.07) is 6.16. The first-order valence-electron chi connectivity index (χ1n) is 11.9. The smallest absolute Gasteiger partial charge is 0.407 e. The molecule has 0 spiro atoms. The lowest BCUT2D eigenvalue weighted by Gasteiger charge is -2.36. The van der Waals surface area contributed by atoms with Crippen molar-refractivity contribution in [3.05, 3.63) is 65.1 Å². The van der Waals surface area contributed by atoms with Crippen LogP contribution in [0.1, 0.15) is 49.4 Å². The predicted octanol–water partition coefficient (Wildman–Crippen LogP) is 4.41. The Balaban J connectivity index is 1.87. The van der Waals surface area contributed by atoms with E-state index in [1.54, 1.807) is 52.9 Å². The fourth-order valence-electron chi connectivity index (χ4n) is 3.88. The van der Waals surface area contributed by atoms with E-state index in [-0.39, 0.29) is 36.8 Å². The van der Waals surface area contributed by atoms with Crippen molar-refractivity contribution < 1.29 is 33.0 Å². The summed E-state index contributed by atoms with van der Waals surface area (Å²) < 4.78 is 40.7. The van der Waals surface area contributed by atoms with E-state index in [1.165, 1.54) is 15.4 Å². The zero-order chi connectivity index (χ0) is 27.3. The number of carbonyl (C=O) groups is 2. The van der Waals surface area contributed by atoms with Crippen LogP contribution in [-0.2, 0) is 11.3 Å². The number of pyridine rings is 1. The summed E-state index contributed by atoms with van der Waals surface area (Å²) in [6.07, 6.45) is 0.513. The molecule has 3 rings (SSSR count). The van der Waals surface area contributed by atoms with Crippen molar-refractivity contribution in [3.8, 4) is 5.75 Å². The van der Waals surface area contributed by atoms with Crippen LogP contribution < -0.4 is 10.1 Å². The summed E-state index contributed by atoms with van der Waals surface area (Å²) in [5.74, 6) is -1.69. The fraction of sp³-hybridized carbons (Fsp3) is 0.423. The third-order valence-electron chi connectivity index (χ3n) is 5.74. The van der Waals surface area contributed by atoms with Crippen LogP contribution in [0.5, 0.6) is 5.75 Å². The molecule has 2 heterocycles. The van der Waals surface area contributed by atoms with Crippen LogP contribution in [0.4, 0.5) is 13.6 Å². The molecule has 11 heteroatoms. The maximum Gasteiger partial charge on any atom is 0.407 e. The number of amides is 2. The number of halogens is 2. The zero-order valence-electron chi connectivity index (χ0n) is 21.5. The van der Waals surface area contributed by atoms with E-state index in [1.807, 2.05) is 0 Å². The molecule has 0 aliphatic rings. The number of hydrogen-bond donors (Lipinski definition) is 2. The third kappa shape index (κ3) is 6.53. The van der Waals surface area contributed by atoms with E-state index in [9.17, 15) is 23.5 Å². The van der Waals surface area contributed by atoms with Gasteiger partial charge in [0.1, 0.15) is 23.9 Å². The minimum absolute atomic E-state index is 0.0168. The van der Waals surface area contributed by atoms with Gasteiger partial charge in [0, 0.05) is 24.9 Å². The van der Waals surface area contributed by atoms with Crippen LogP contribution in [0.15, 0.2) is 36.5 Å². The van der Waals surface area contributed by atoms with E-state index in [2.05, 4.69) is 10.3 Å². The molecule has 1 atom stereocenters. The van der Waals surface area contributed by atoms with Gasteiger partial charge in [-0.25, -0.2) is 18.6 Å². The van der Waals surface area contributed by atoms with Gasteiger partial charge in [-0.1, -0.05) is 6.07 Å². The number of aryl methyl sites for hydroxylation is 1. The van der Waals surface area contributed by atoms with Gasteiger partial charge < -0.3 is 24.8 Å². The monoisotopic (exact) mass is 518 g/mol. The first-order valence-corrected chi connectivity index (χ1v) is 11.9. The van der Waals surface area contributed by atoms with Crippen molar-refractivity contribution in [3.63, 3.8) is 0 Å². The highest BCUT2D eigenvalue weighted by atomic mass is 19.1. The Morgan fingerprint density at radius 2 is 1.86 bits per heavy atom. The first kappa shape index (κ1) is 27.9. The normalized spacial score (nSPS) is 12.4. The molecule has 1 unspecified atom stereocenters. The van der Waals surface area contributed by atoms with E-state index in [0.29, 0.717) is 17.9 Å². The number of carbonyl (C=O) groups excluding carboxylic acids is 1. The van der Waals surface area contributed by atoms with Crippen LogP contribution in [0.2, 0.25) is 0 Å². The number of benzene rings is 1. The molecule has 1 aromatic carbocycles. The lowest BCUT2D eigenvalue weighted by Crippen LogP contribution is -2.54. The SMILES string of the molecule is CCOCC(CN(C(=O)O)C(C)(C)C)NC(=O)c1c(C)nc2c(OCc3c(F)cccc3F)cccn12. The molecule has 2 aromatic heterocycles. The molecule has 0 saturated carbocycles. The lowest BCUT2D eigenvalue weighted by atomic mass is 10.1. The van der Waals surface area contributed by atoms with Crippen LogP contribution in [0, 0.1) is 18.6 Å². The Labute approximate surface area is 214 Å². The van der Waals surface area contributed by atoms with Gasteiger partial charge in [0.05, 0.1) is 23.9 Å². The number of fused-ring (bicyclic) bond motifs is 1. The van der Waals surface area contributed by atoms with Gasteiger partial charge >= 0.3 is 6.09 Å². The van der Waals surface area contributed by atoms with Crippen molar-refractivity contribution in [2.45, 2.75) is 52.8 Å². The predicted molar refractivity (Wildman–Crippen MR) is 133 cm³/mol. The molecule has 9 nitrogen and oxygen atoms in total. The Bertz CT molecular complexity index is 1250. The fourth-order valence-corrected chi connectivity index (χ4v) is 3.88. The van der Waals surface area contributed by atoms with Gasteiger partial charge in [0.15, 0.2) is 11.4 Å². The molecule has 0 aliphatic carbocycles. The molecule has 37 heavy (non-hydrogen) atoms. The minimum atomic E-state index is -1.11. The van der Waals surface area contributed by atoms with Gasteiger partial charge in [-0.2, -0.15) is 0 Å². The van der Waals surface area contributed by atoms with E-state index in [0.717, 1.165) is 12.1 Å². The second-order valence-corrected chi connectivity index (χ2v) is 9.49. The number of ether oxygens (including phenoxy) is 2. The lowest BCUT2D eigenvalue weighted by molar-refractivity contribution is 0.0621. The minimum Gasteiger partial charge on any atom is -0.485 e. The molecular weight excluding hydrogens is 486 g/mol. The highest BCUT2D eigenvalue weighted by molar-refractivity contribution is 5.95. The van der Waals surface area contributed by atoms with Crippen molar-refractivity contribution >= 4 is 17.6 Å². The quantitative estimate of drug-likeness (QED) is 0.412. The summed E-state index contributed by atoms with van der Waals surface area (Å²) in [5.41, 5.74) is 0.00398. The van der Waals surface area contributed by atoms with E-state index < -0.39 is 35.2 Å². The van der Waals surface area contributed by atoms with Crippen LogP contribution in [-0.4, -0.2) is 62.7 Å². The number of imidazole rings is 1. The summed E-state index contributed by atoms with van der Waals surface area (Å²) in [7, 11) is 0. The number of hydrogen-bond acceptors (Lipinski definition) is 5. The molecular formula is C26H32F2N4O5. The van der Waals surface area contributed by atoms with Gasteiger partial charge in [-0.3, -0.25) is 9.20 Å². The van der Waals surface area contributed by atoms with Crippen LogP contribution in [0.3, 0.4) is 0 Å². The highest BCUT2D eigenvalue weighted by Crippen LogP contribution is 2.24. The summed E-state index contributed by atoms with van der Waals surface area (Å²) in [6.45, 7) is 8.92. The Morgan fingerprint density at radius 3 is 2.46 bits per heavy atom. The number of aromatic nitrogens is 2. The van der Waals surface area contributed by atoms with Crippen molar-refractivity contribution in [2.75, 3.05) is 19.8 Å². The summed E-state index contributed by atoms with van der Waals surface area (Å²) in [5, 5.41) is 12.5. The molecule has 0 bridgehead atoms. The Hall–Kier alpha value is -3.73. The topological polar surface area (TPSA) is 105 Å². The van der Waals surface area contributed by atoms with Crippen molar-refractivity contribution in [1.29, 1.82) is 0 Å². The van der Waals surface area contributed by atoms with Crippen molar-refractivity contribution in [1.82, 2.24) is 19.6 Å². The molecule has 0 saturated heterocycles. The molecule has 200 valence electrons.